The summed E-state index contributed by atoms with van der Waals surface area (Å²) in [6, 6.07) is 5.81. The molecule has 1 aromatic heterocycles. The summed E-state index contributed by atoms with van der Waals surface area (Å²) >= 11 is 0. The maximum atomic E-state index is 11.1. The van der Waals surface area contributed by atoms with Crippen molar-refractivity contribution in [3.63, 3.8) is 0 Å². The number of aromatic nitrogens is 3. The van der Waals surface area contributed by atoms with Crippen LogP contribution in [0.15, 0.2) is 29.2 Å². The second-order valence-corrected chi connectivity index (χ2v) is 5.19. The summed E-state index contributed by atoms with van der Waals surface area (Å²) in [7, 11) is -3.71. The molecular weight excluding hydrogens is 256 g/mol. The zero-order valence-corrected chi connectivity index (χ0v) is 10.3. The lowest BCUT2D eigenvalue weighted by Gasteiger charge is -2.04. The van der Waals surface area contributed by atoms with Crippen LogP contribution in [-0.4, -0.2) is 29.7 Å². The van der Waals surface area contributed by atoms with Gasteiger partial charge < -0.3 is 0 Å². The van der Waals surface area contributed by atoms with Gasteiger partial charge in [-0.3, -0.25) is 4.79 Å². The molecule has 2 N–H and O–H groups in total. The third kappa shape index (κ3) is 2.15. The molecule has 0 radical (unpaired) electrons. The van der Waals surface area contributed by atoms with E-state index in [0.717, 1.165) is 0 Å². The summed E-state index contributed by atoms with van der Waals surface area (Å²) in [5, 5.41) is 12.5. The zero-order valence-electron chi connectivity index (χ0n) is 9.44. The van der Waals surface area contributed by atoms with Crippen LogP contribution >= 0.6 is 0 Å². The van der Waals surface area contributed by atoms with Crippen LogP contribution in [-0.2, 0) is 10.0 Å². The van der Waals surface area contributed by atoms with Gasteiger partial charge in [0.25, 0.3) is 0 Å². The number of hydrogen-bond donors (Lipinski definition) is 1. The van der Waals surface area contributed by atoms with Crippen molar-refractivity contribution in [1.82, 2.24) is 15.0 Å². The number of primary sulfonamides is 1. The third-order valence-electron chi connectivity index (χ3n) is 2.45. The molecular formula is C10H10N4O3S. The highest BCUT2D eigenvalue weighted by Crippen LogP contribution is 2.14. The van der Waals surface area contributed by atoms with E-state index in [1.165, 1.54) is 28.9 Å². The largest absolute Gasteiger partial charge is 0.296 e. The van der Waals surface area contributed by atoms with E-state index in [9.17, 15) is 13.2 Å². The van der Waals surface area contributed by atoms with E-state index < -0.39 is 10.0 Å². The molecule has 0 aliphatic heterocycles. The van der Waals surface area contributed by atoms with Crippen molar-refractivity contribution >= 4 is 16.3 Å². The topological polar surface area (TPSA) is 108 Å². The Morgan fingerprint density at radius 3 is 2.33 bits per heavy atom. The van der Waals surface area contributed by atoms with Gasteiger partial charge in [0, 0.05) is 0 Å². The van der Waals surface area contributed by atoms with Crippen LogP contribution in [0, 0.1) is 6.92 Å². The van der Waals surface area contributed by atoms with Crippen molar-refractivity contribution in [2.45, 2.75) is 11.8 Å². The van der Waals surface area contributed by atoms with Crippen LogP contribution in [0.4, 0.5) is 0 Å². The van der Waals surface area contributed by atoms with E-state index in [-0.39, 0.29) is 10.6 Å². The van der Waals surface area contributed by atoms with E-state index >= 15 is 0 Å². The lowest BCUT2D eigenvalue weighted by molar-refractivity contribution is 0.111. The molecule has 94 valence electrons. The lowest BCUT2D eigenvalue weighted by atomic mass is 10.3. The first kappa shape index (κ1) is 12.4. The first-order valence-electron chi connectivity index (χ1n) is 4.94. The highest BCUT2D eigenvalue weighted by molar-refractivity contribution is 7.89. The molecule has 0 bridgehead atoms. The SMILES string of the molecule is Cc1c(C=O)nnn1-c1ccc(S(N)(=O)=O)cc1. The number of nitrogens with zero attached hydrogens (tertiary/aromatic N) is 3. The predicted octanol–water partition coefficient (Wildman–Crippen LogP) is 0.0356. The Bertz CT molecular complexity index is 688. The molecule has 0 unspecified atom stereocenters. The summed E-state index contributed by atoms with van der Waals surface area (Å²) < 4.78 is 23.6. The Labute approximate surface area is 103 Å². The summed E-state index contributed by atoms with van der Waals surface area (Å²) in [6.07, 6.45) is 0.609. The fourth-order valence-electron chi connectivity index (χ4n) is 1.47. The second-order valence-electron chi connectivity index (χ2n) is 3.63. The number of hydrogen-bond acceptors (Lipinski definition) is 5. The molecule has 0 saturated carbocycles. The van der Waals surface area contributed by atoms with E-state index in [1.54, 1.807) is 6.92 Å². The molecule has 0 atom stereocenters. The molecule has 8 heteroatoms. The number of aldehydes is 1. The average molecular weight is 266 g/mol. The van der Waals surface area contributed by atoms with E-state index in [0.29, 0.717) is 17.7 Å². The van der Waals surface area contributed by atoms with Gasteiger partial charge in [-0.25, -0.2) is 18.2 Å². The van der Waals surface area contributed by atoms with Crippen molar-refractivity contribution < 1.29 is 13.2 Å². The Balaban J connectivity index is 2.46. The van der Waals surface area contributed by atoms with Crippen molar-refractivity contribution in [1.29, 1.82) is 0 Å². The van der Waals surface area contributed by atoms with Crippen LogP contribution in [0.3, 0.4) is 0 Å². The fraction of sp³-hybridized carbons (Fsp3) is 0.100. The van der Waals surface area contributed by atoms with Crippen molar-refractivity contribution in [2.24, 2.45) is 5.14 Å². The second kappa shape index (κ2) is 4.31. The highest BCUT2D eigenvalue weighted by Gasteiger charge is 2.11. The van der Waals surface area contributed by atoms with Crippen LogP contribution in [0.25, 0.3) is 5.69 Å². The van der Waals surface area contributed by atoms with Crippen LogP contribution < -0.4 is 5.14 Å². The Morgan fingerprint density at radius 1 is 1.28 bits per heavy atom. The molecule has 0 spiro atoms. The summed E-state index contributed by atoms with van der Waals surface area (Å²) in [6.45, 7) is 1.69. The number of rotatable bonds is 3. The molecule has 0 saturated heterocycles. The Kier molecular flexibility index (Phi) is 2.97. The first-order valence-corrected chi connectivity index (χ1v) is 6.49. The van der Waals surface area contributed by atoms with Gasteiger partial charge in [0.15, 0.2) is 6.29 Å². The Morgan fingerprint density at radius 2 is 1.89 bits per heavy atom. The first-order chi connectivity index (χ1) is 8.43. The average Bonchev–Trinajstić information content (AvgIpc) is 2.69. The molecule has 18 heavy (non-hydrogen) atoms. The van der Waals surface area contributed by atoms with E-state index in [2.05, 4.69) is 10.3 Å². The molecule has 0 fully saturated rings. The van der Waals surface area contributed by atoms with Gasteiger partial charge in [0.05, 0.1) is 16.3 Å². The number of sulfonamides is 1. The minimum absolute atomic E-state index is 0.0135. The van der Waals surface area contributed by atoms with Gasteiger partial charge in [-0.05, 0) is 31.2 Å². The quantitative estimate of drug-likeness (QED) is 0.789. The van der Waals surface area contributed by atoms with E-state index in [4.69, 9.17) is 5.14 Å². The van der Waals surface area contributed by atoms with Crippen LogP contribution in [0.5, 0.6) is 0 Å². The van der Waals surface area contributed by atoms with Crippen LogP contribution in [0.1, 0.15) is 16.2 Å². The summed E-state index contributed by atoms with van der Waals surface area (Å²) in [4.78, 5) is 10.7. The van der Waals surface area contributed by atoms with Gasteiger partial charge in [0.1, 0.15) is 5.69 Å². The van der Waals surface area contributed by atoms with Gasteiger partial charge in [0.2, 0.25) is 10.0 Å². The van der Waals surface area contributed by atoms with Crippen molar-refractivity contribution in [2.75, 3.05) is 0 Å². The molecule has 0 aliphatic rings. The summed E-state index contributed by atoms with van der Waals surface area (Å²) in [5.74, 6) is 0. The smallest absolute Gasteiger partial charge is 0.238 e. The maximum absolute atomic E-state index is 11.1. The van der Waals surface area contributed by atoms with Crippen LogP contribution in [0.2, 0.25) is 0 Å². The maximum Gasteiger partial charge on any atom is 0.238 e. The molecule has 0 aliphatic carbocycles. The molecule has 1 heterocycles. The van der Waals surface area contributed by atoms with E-state index in [1.807, 2.05) is 0 Å². The predicted molar refractivity (Wildman–Crippen MR) is 62.9 cm³/mol. The standard InChI is InChI=1S/C10H10N4O3S/c1-7-10(6-15)12-13-14(7)8-2-4-9(5-3-8)18(11,16)17/h2-6H,1H3,(H2,11,16,17). The fourth-order valence-corrected chi connectivity index (χ4v) is 1.99. The molecule has 1 aromatic carbocycles. The normalized spacial score (nSPS) is 11.4. The number of benzene rings is 1. The zero-order chi connectivity index (χ0) is 13.3. The molecule has 7 nitrogen and oxygen atoms in total. The van der Waals surface area contributed by atoms with Gasteiger partial charge in [-0.2, -0.15) is 0 Å². The number of carbonyl (C=O) groups excluding carboxylic acids is 1. The number of carbonyl (C=O) groups is 1. The minimum Gasteiger partial charge on any atom is -0.296 e. The van der Waals surface area contributed by atoms with Crippen molar-refractivity contribution in [3.8, 4) is 5.69 Å². The summed E-state index contributed by atoms with van der Waals surface area (Å²) in [5.41, 5.74) is 1.42. The van der Waals surface area contributed by atoms with Gasteiger partial charge >= 0.3 is 0 Å². The molecule has 2 rings (SSSR count). The molecule has 0 amide bonds. The number of nitrogens with two attached hydrogens (primary N) is 1. The minimum atomic E-state index is -3.71. The lowest BCUT2D eigenvalue weighted by Crippen LogP contribution is -2.12. The van der Waals surface area contributed by atoms with Gasteiger partial charge in [-0.1, -0.05) is 5.21 Å². The Hall–Kier alpha value is -2.06. The third-order valence-corrected chi connectivity index (χ3v) is 3.38. The molecule has 2 aromatic rings. The highest BCUT2D eigenvalue weighted by atomic mass is 32.2. The van der Waals surface area contributed by atoms with Crippen molar-refractivity contribution in [3.05, 3.63) is 35.7 Å². The van der Waals surface area contributed by atoms with Gasteiger partial charge in [-0.15, -0.1) is 5.10 Å². The monoisotopic (exact) mass is 266 g/mol.